The first-order valence-corrected chi connectivity index (χ1v) is 9.90. The van der Waals surface area contributed by atoms with Crippen LogP contribution in [-0.4, -0.2) is 49.6 Å². The smallest absolute Gasteiger partial charge is 0.325 e. The third-order valence-corrected chi connectivity index (χ3v) is 5.18. The molecule has 1 fully saturated rings. The Labute approximate surface area is 170 Å². The van der Waals surface area contributed by atoms with E-state index in [2.05, 4.69) is 30.1 Å². The summed E-state index contributed by atoms with van der Waals surface area (Å²) in [6.07, 6.45) is 0. The molecule has 0 saturated carbocycles. The maximum atomic E-state index is 13.1. The molecule has 6 nitrogen and oxygen atoms in total. The van der Waals surface area contributed by atoms with Gasteiger partial charge in [0.05, 0.1) is 0 Å². The summed E-state index contributed by atoms with van der Waals surface area (Å²) < 4.78 is 13.1. The third kappa shape index (κ3) is 4.67. The Morgan fingerprint density at radius 3 is 2.41 bits per heavy atom. The molecule has 0 radical (unpaired) electrons. The van der Waals surface area contributed by atoms with E-state index in [1.54, 1.807) is 17.0 Å². The molecule has 1 aliphatic rings. The van der Waals surface area contributed by atoms with Crippen molar-refractivity contribution in [1.82, 2.24) is 4.90 Å². The van der Waals surface area contributed by atoms with Crippen molar-refractivity contribution in [2.24, 2.45) is 0 Å². The van der Waals surface area contributed by atoms with Crippen LogP contribution in [0.1, 0.15) is 19.4 Å². The zero-order valence-corrected chi connectivity index (χ0v) is 17.1. The largest absolute Gasteiger partial charge is 0.372 e. The molecule has 154 valence electrons. The van der Waals surface area contributed by atoms with Gasteiger partial charge in [-0.25, -0.2) is 9.18 Å². The maximum absolute atomic E-state index is 13.1. The fourth-order valence-corrected chi connectivity index (χ4v) is 3.53. The van der Waals surface area contributed by atoms with Crippen molar-refractivity contribution in [2.75, 3.05) is 47.8 Å². The number of urea groups is 1. The highest BCUT2D eigenvalue weighted by atomic mass is 19.1. The van der Waals surface area contributed by atoms with Gasteiger partial charge in [-0.3, -0.25) is 9.69 Å². The quantitative estimate of drug-likeness (QED) is 0.771. The van der Waals surface area contributed by atoms with Crippen molar-refractivity contribution < 1.29 is 14.0 Å². The lowest BCUT2D eigenvalue weighted by Gasteiger charge is -2.22. The van der Waals surface area contributed by atoms with Crippen molar-refractivity contribution in [1.29, 1.82) is 0 Å². The number of benzene rings is 2. The number of aryl methyl sites for hydroxylation is 1. The fourth-order valence-electron chi connectivity index (χ4n) is 3.53. The Balaban J connectivity index is 1.61. The highest BCUT2D eigenvalue weighted by Crippen LogP contribution is 2.23. The number of halogens is 1. The van der Waals surface area contributed by atoms with E-state index in [9.17, 15) is 14.0 Å². The highest BCUT2D eigenvalue weighted by molar-refractivity contribution is 5.99. The van der Waals surface area contributed by atoms with Crippen LogP contribution in [0.2, 0.25) is 0 Å². The molecule has 2 aromatic carbocycles. The highest BCUT2D eigenvalue weighted by Gasteiger charge is 2.30. The molecule has 0 spiro atoms. The number of hydrogen-bond donors (Lipinski definition) is 1. The minimum Gasteiger partial charge on any atom is -0.372 e. The van der Waals surface area contributed by atoms with Gasteiger partial charge in [0.1, 0.15) is 12.4 Å². The predicted octanol–water partition coefficient (Wildman–Crippen LogP) is 3.86. The second-order valence-corrected chi connectivity index (χ2v) is 7.05. The minimum absolute atomic E-state index is 0.0201. The van der Waals surface area contributed by atoms with Crippen molar-refractivity contribution in [3.63, 3.8) is 0 Å². The zero-order valence-electron chi connectivity index (χ0n) is 17.1. The minimum atomic E-state index is -0.348. The molecule has 0 aliphatic carbocycles. The number of hydrogen-bond acceptors (Lipinski definition) is 3. The molecule has 1 aliphatic heterocycles. The van der Waals surface area contributed by atoms with Crippen molar-refractivity contribution >= 4 is 29.0 Å². The molecule has 1 saturated heterocycles. The van der Waals surface area contributed by atoms with Gasteiger partial charge in [-0.05, 0) is 68.8 Å². The van der Waals surface area contributed by atoms with Gasteiger partial charge in [0.2, 0.25) is 5.91 Å². The average molecular weight is 398 g/mol. The summed E-state index contributed by atoms with van der Waals surface area (Å²) in [5, 5.41) is 2.90. The zero-order chi connectivity index (χ0) is 21.0. The van der Waals surface area contributed by atoms with Gasteiger partial charge in [-0.1, -0.05) is 0 Å². The van der Waals surface area contributed by atoms with Gasteiger partial charge in [0, 0.05) is 43.2 Å². The number of carbonyl (C=O) groups excluding carboxylic acids is 2. The first-order chi connectivity index (χ1) is 13.9. The molecule has 3 amide bonds. The second kappa shape index (κ2) is 8.94. The number of carbonyl (C=O) groups is 2. The molecule has 0 aromatic heterocycles. The topological polar surface area (TPSA) is 55.9 Å². The molecule has 29 heavy (non-hydrogen) atoms. The molecule has 1 heterocycles. The Hall–Kier alpha value is -3.09. The summed E-state index contributed by atoms with van der Waals surface area (Å²) in [6, 6.07) is 11.5. The Bertz CT molecular complexity index is 881. The molecule has 2 aromatic rings. The van der Waals surface area contributed by atoms with Crippen LogP contribution in [-0.2, 0) is 4.79 Å². The van der Waals surface area contributed by atoms with E-state index in [0.717, 1.165) is 30.0 Å². The summed E-state index contributed by atoms with van der Waals surface area (Å²) >= 11 is 0. The van der Waals surface area contributed by atoms with Crippen LogP contribution in [0.5, 0.6) is 0 Å². The van der Waals surface area contributed by atoms with E-state index in [-0.39, 0.29) is 24.3 Å². The van der Waals surface area contributed by atoms with Gasteiger partial charge < -0.3 is 15.1 Å². The van der Waals surface area contributed by atoms with E-state index in [4.69, 9.17) is 0 Å². The fraction of sp³-hybridized carbons (Fsp3) is 0.364. The van der Waals surface area contributed by atoms with Crippen molar-refractivity contribution in [3.8, 4) is 0 Å². The van der Waals surface area contributed by atoms with E-state index in [0.29, 0.717) is 18.8 Å². The lowest BCUT2D eigenvalue weighted by molar-refractivity contribution is -0.116. The number of nitrogens with one attached hydrogen (secondary N) is 1. The van der Waals surface area contributed by atoms with Gasteiger partial charge in [0.15, 0.2) is 0 Å². The van der Waals surface area contributed by atoms with Gasteiger partial charge in [-0.15, -0.1) is 0 Å². The Morgan fingerprint density at radius 2 is 1.79 bits per heavy atom. The summed E-state index contributed by atoms with van der Waals surface area (Å²) in [6.45, 7) is 8.91. The van der Waals surface area contributed by atoms with E-state index in [1.165, 1.54) is 17.0 Å². The molecule has 7 heteroatoms. The number of anilines is 3. The molecular weight excluding hydrogens is 371 g/mol. The molecule has 3 rings (SSSR count). The average Bonchev–Trinajstić information content (AvgIpc) is 3.06. The number of amides is 3. The van der Waals surface area contributed by atoms with Crippen LogP contribution in [0, 0.1) is 12.7 Å². The standard InChI is InChI=1S/C22H27FN4O2/c1-4-25(5-2)19-10-11-20(16(3)14-19)24-21(28)15-26-12-13-27(22(26)29)18-8-6-17(23)7-9-18/h6-11,14H,4-5,12-13,15H2,1-3H3,(H,24,28). The first-order valence-electron chi connectivity index (χ1n) is 9.90. The van der Waals surface area contributed by atoms with E-state index >= 15 is 0 Å². The monoisotopic (exact) mass is 398 g/mol. The third-order valence-electron chi connectivity index (χ3n) is 5.18. The molecule has 0 atom stereocenters. The second-order valence-electron chi connectivity index (χ2n) is 7.05. The van der Waals surface area contributed by atoms with Gasteiger partial charge in [-0.2, -0.15) is 0 Å². The number of rotatable bonds is 7. The van der Waals surface area contributed by atoms with Crippen LogP contribution in [0.3, 0.4) is 0 Å². The lowest BCUT2D eigenvalue weighted by atomic mass is 10.1. The van der Waals surface area contributed by atoms with Gasteiger partial charge in [0.25, 0.3) is 0 Å². The lowest BCUT2D eigenvalue weighted by Crippen LogP contribution is -2.37. The molecule has 0 bridgehead atoms. The first kappa shape index (κ1) is 20.6. The molecular formula is C22H27FN4O2. The SMILES string of the molecule is CCN(CC)c1ccc(NC(=O)CN2CCN(c3ccc(F)cc3)C2=O)c(C)c1. The Morgan fingerprint density at radius 1 is 1.10 bits per heavy atom. The molecule has 1 N–H and O–H groups in total. The van der Waals surface area contributed by atoms with Crippen LogP contribution >= 0.6 is 0 Å². The van der Waals surface area contributed by atoms with Crippen LogP contribution in [0.4, 0.5) is 26.2 Å². The number of nitrogens with zero attached hydrogens (tertiary/aromatic N) is 3. The Kier molecular flexibility index (Phi) is 6.36. The van der Waals surface area contributed by atoms with Crippen molar-refractivity contribution in [2.45, 2.75) is 20.8 Å². The van der Waals surface area contributed by atoms with E-state index < -0.39 is 0 Å². The van der Waals surface area contributed by atoms with Gasteiger partial charge >= 0.3 is 6.03 Å². The van der Waals surface area contributed by atoms with E-state index in [1.807, 2.05) is 19.1 Å². The maximum Gasteiger partial charge on any atom is 0.325 e. The summed E-state index contributed by atoms with van der Waals surface area (Å²) in [5.41, 5.74) is 3.47. The van der Waals surface area contributed by atoms with Crippen LogP contribution in [0.15, 0.2) is 42.5 Å². The summed E-state index contributed by atoms with van der Waals surface area (Å²) in [7, 11) is 0. The van der Waals surface area contributed by atoms with Crippen LogP contribution < -0.4 is 15.1 Å². The van der Waals surface area contributed by atoms with Crippen molar-refractivity contribution in [3.05, 3.63) is 53.8 Å². The summed E-state index contributed by atoms with van der Waals surface area (Å²) in [5.74, 6) is -0.586. The predicted molar refractivity (Wildman–Crippen MR) is 114 cm³/mol. The molecule has 0 unspecified atom stereocenters. The van der Waals surface area contributed by atoms with Crippen LogP contribution in [0.25, 0.3) is 0 Å². The normalized spacial score (nSPS) is 13.7. The summed E-state index contributed by atoms with van der Waals surface area (Å²) in [4.78, 5) is 30.4.